The van der Waals surface area contributed by atoms with Crippen LogP contribution < -0.4 is 10.6 Å². The second-order valence-electron chi connectivity index (χ2n) is 9.46. The third-order valence-electron chi connectivity index (χ3n) is 7.13. The maximum atomic E-state index is 12.9. The van der Waals surface area contributed by atoms with E-state index in [2.05, 4.69) is 21.7 Å². The lowest BCUT2D eigenvalue weighted by atomic mass is 9.89. The van der Waals surface area contributed by atoms with E-state index in [-0.39, 0.29) is 24.1 Å². The van der Waals surface area contributed by atoms with Gasteiger partial charge >= 0.3 is 0 Å². The third-order valence-corrected chi connectivity index (χ3v) is 7.13. The number of aromatic nitrogens is 1. The van der Waals surface area contributed by atoms with Crippen LogP contribution in [0, 0.1) is 5.92 Å². The fourth-order valence-electron chi connectivity index (χ4n) is 5.29. The Labute approximate surface area is 194 Å². The second kappa shape index (κ2) is 9.43. The van der Waals surface area contributed by atoms with Crippen molar-refractivity contribution in [2.45, 2.75) is 64.1 Å². The van der Waals surface area contributed by atoms with Crippen LogP contribution in [0.3, 0.4) is 0 Å². The Morgan fingerprint density at radius 3 is 2.70 bits per heavy atom. The van der Waals surface area contributed by atoms with Crippen molar-refractivity contribution in [1.82, 2.24) is 20.5 Å². The Bertz CT molecular complexity index is 1080. The molecule has 1 aromatic heterocycles. The van der Waals surface area contributed by atoms with Crippen LogP contribution in [-0.4, -0.2) is 40.2 Å². The number of benzene rings is 1. The molecule has 1 aromatic carbocycles. The van der Waals surface area contributed by atoms with Crippen LogP contribution >= 0.6 is 0 Å². The van der Waals surface area contributed by atoms with Crippen molar-refractivity contribution in [2.75, 3.05) is 6.54 Å². The molecule has 2 aromatic rings. The van der Waals surface area contributed by atoms with Gasteiger partial charge in [-0.15, -0.1) is 0 Å². The first-order chi connectivity index (χ1) is 16.1. The summed E-state index contributed by atoms with van der Waals surface area (Å²) in [5.41, 5.74) is 4.54. The first kappa shape index (κ1) is 21.8. The maximum Gasteiger partial charge on any atom is 0.255 e. The molecule has 1 aliphatic carbocycles. The minimum Gasteiger partial charge on any atom is -0.322 e. The van der Waals surface area contributed by atoms with Gasteiger partial charge in [0.05, 0.1) is 5.69 Å². The Balaban J connectivity index is 1.26. The lowest BCUT2D eigenvalue weighted by Crippen LogP contribution is -2.52. The summed E-state index contributed by atoms with van der Waals surface area (Å²) in [6.45, 7) is 2.25. The number of fused-ring (bicyclic) bond motifs is 1. The summed E-state index contributed by atoms with van der Waals surface area (Å²) in [5.74, 6) is -0.0223. The average molecular weight is 447 g/mol. The number of nitrogens with zero attached hydrogens (tertiary/aromatic N) is 2. The summed E-state index contributed by atoms with van der Waals surface area (Å²) in [7, 11) is 0. The van der Waals surface area contributed by atoms with Crippen molar-refractivity contribution in [3.05, 3.63) is 53.2 Å². The molecule has 172 valence electrons. The molecule has 3 heterocycles. The molecule has 3 aliphatic rings. The van der Waals surface area contributed by atoms with Gasteiger partial charge in [-0.25, -0.2) is 0 Å². The van der Waals surface area contributed by atoms with Crippen molar-refractivity contribution in [3.63, 3.8) is 0 Å². The second-order valence-corrected chi connectivity index (χ2v) is 9.46. The average Bonchev–Trinajstić information content (AvgIpc) is 3.15. The van der Waals surface area contributed by atoms with Gasteiger partial charge in [-0.1, -0.05) is 25.3 Å². The SMILES string of the molecule is O=C1CCC(N2Cc3cc(-c4cc(CNCC5CCCCC5)ccn4)ccc3C2=O)C(=O)N1. The molecular formula is C26H30N4O3. The van der Waals surface area contributed by atoms with E-state index >= 15 is 0 Å². The van der Waals surface area contributed by atoms with Crippen molar-refractivity contribution >= 4 is 17.7 Å². The lowest BCUT2D eigenvalue weighted by molar-refractivity contribution is -0.136. The summed E-state index contributed by atoms with van der Waals surface area (Å²) in [5, 5.41) is 5.95. The molecule has 0 radical (unpaired) electrons. The third kappa shape index (κ3) is 4.69. The molecule has 33 heavy (non-hydrogen) atoms. The van der Waals surface area contributed by atoms with E-state index in [9.17, 15) is 14.4 Å². The van der Waals surface area contributed by atoms with E-state index in [1.165, 1.54) is 37.7 Å². The van der Waals surface area contributed by atoms with E-state index in [4.69, 9.17) is 0 Å². The Morgan fingerprint density at radius 2 is 1.88 bits per heavy atom. The minimum absolute atomic E-state index is 0.153. The number of amides is 3. The molecule has 3 amide bonds. The Morgan fingerprint density at radius 1 is 1.03 bits per heavy atom. The molecule has 2 fully saturated rings. The number of carbonyl (C=O) groups is 3. The first-order valence-electron chi connectivity index (χ1n) is 12.0. The van der Waals surface area contributed by atoms with E-state index in [1.54, 1.807) is 4.90 Å². The van der Waals surface area contributed by atoms with Crippen LogP contribution in [-0.2, 0) is 22.7 Å². The van der Waals surface area contributed by atoms with Gasteiger partial charge in [0.2, 0.25) is 11.8 Å². The molecule has 1 unspecified atom stereocenters. The van der Waals surface area contributed by atoms with E-state index in [0.717, 1.165) is 35.8 Å². The normalized spacial score (nSPS) is 21.3. The smallest absolute Gasteiger partial charge is 0.255 e. The zero-order chi connectivity index (χ0) is 22.8. The zero-order valence-corrected chi connectivity index (χ0v) is 18.8. The molecule has 5 rings (SSSR count). The topological polar surface area (TPSA) is 91.4 Å². The highest BCUT2D eigenvalue weighted by Gasteiger charge is 2.39. The van der Waals surface area contributed by atoms with Gasteiger partial charge in [-0.05, 0) is 67.1 Å². The molecule has 0 bridgehead atoms. The summed E-state index contributed by atoms with van der Waals surface area (Å²) >= 11 is 0. The predicted octanol–water partition coefficient (Wildman–Crippen LogP) is 3.18. The molecule has 2 aliphatic heterocycles. The van der Waals surface area contributed by atoms with Gasteiger partial charge in [0, 0.05) is 36.8 Å². The lowest BCUT2D eigenvalue weighted by Gasteiger charge is -2.29. The highest BCUT2D eigenvalue weighted by molar-refractivity contribution is 6.05. The number of nitrogens with one attached hydrogen (secondary N) is 2. The largest absolute Gasteiger partial charge is 0.322 e. The van der Waals surface area contributed by atoms with Gasteiger partial charge < -0.3 is 10.2 Å². The van der Waals surface area contributed by atoms with Crippen LogP contribution in [0.1, 0.15) is 66.4 Å². The molecule has 7 heteroatoms. The summed E-state index contributed by atoms with van der Waals surface area (Å²) in [6.07, 6.45) is 9.21. The predicted molar refractivity (Wildman–Crippen MR) is 124 cm³/mol. The highest BCUT2D eigenvalue weighted by atomic mass is 16.2. The van der Waals surface area contributed by atoms with Gasteiger partial charge in [-0.2, -0.15) is 0 Å². The molecule has 1 saturated heterocycles. The Hall–Kier alpha value is -3.06. The monoisotopic (exact) mass is 446 g/mol. The van der Waals surface area contributed by atoms with E-state index < -0.39 is 6.04 Å². The van der Waals surface area contributed by atoms with E-state index in [1.807, 2.05) is 30.5 Å². The molecule has 1 atom stereocenters. The van der Waals surface area contributed by atoms with Crippen molar-refractivity contribution in [3.8, 4) is 11.3 Å². The standard InChI is InChI=1S/C26H30N4O3/c31-24-9-8-23(25(32)29-24)30-16-20-13-19(6-7-21(20)26(30)33)22-12-18(10-11-28-22)15-27-14-17-4-2-1-3-5-17/h6-7,10-13,17,23,27H,1-5,8-9,14-16H2,(H,29,31,32). The number of hydrogen-bond acceptors (Lipinski definition) is 5. The van der Waals surface area contributed by atoms with Crippen LogP contribution in [0.5, 0.6) is 0 Å². The number of hydrogen-bond donors (Lipinski definition) is 2. The zero-order valence-electron chi connectivity index (χ0n) is 18.8. The number of pyridine rings is 1. The number of imide groups is 1. The highest BCUT2D eigenvalue weighted by Crippen LogP contribution is 2.31. The van der Waals surface area contributed by atoms with Gasteiger partial charge in [0.25, 0.3) is 5.91 Å². The quantitative estimate of drug-likeness (QED) is 0.665. The van der Waals surface area contributed by atoms with Crippen molar-refractivity contribution in [2.24, 2.45) is 5.92 Å². The van der Waals surface area contributed by atoms with Gasteiger partial charge in [0.15, 0.2) is 0 Å². The summed E-state index contributed by atoms with van der Waals surface area (Å²) in [6, 6.07) is 9.30. The molecule has 2 N–H and O–H groups in total. The fraction of sp³-hybridized carbons (Fsp3) is 0.462. The number of rotatable bonds is 6. The van der Waals surface area contributed by atoms with Crippen molar-refractivity contribution < 1.29 is 14.4 Å². The fourth-order valence-corrected chi connectivity index (χ4v) is 5.29. The van der Waals surface area contributed by atoms with Crippen molar-refractivity contribution in [1.29, 1.82) is 0 Å². The Kier molecular flexibility index (Phi) is 6.22. The van der Waals surface area contributed by atoms with Crippen LogP contribution in [0.25, 0.3) is 11.3 Å². The molecule has 1 saturated carbocycles. The molecule has 0 spiro atoms. The summed E-state index contributed by atoms with van der Waals surface area (Å²) < 4.78 is 0. The van der Waals surface area contributed by atoms with Gasteiger partial charge in [0.1, 0.15) is 6.04 Å². The van der Waals surface area contributed by atoms with E-state index in [0.29, 0.717) is 18.5 Å². The van der Waals surface area contributed by atoms with Crippen LogP contribution in [0.2, 0.25) is 0 Å². The number of carbonyl (C=O) groups excluding carboxylic acids is 3. The van der Waals surface area contributed by atoms with Crippen LogP contribution in [0.15, 0.2) is 36.5 Å². The number of piperidine rings is 1. The summed E-state index contributed by atoms with van der Waals surface area (Å²) in [4.78, 5) is 42.8. The van der Waals surface area contributed by atoms with Gasteiger partial charge in [-0.3, -0.25) is 24.7 Å². The van der Waals surface area contributed by atoms with Crippen LogP contribution in [0.4, 0.5) is 0 Å². The molecular weight excluding hydrogens is 416 g/mol. The molecule has 7 nitrogen and oxygen atoms in total. The maximum absolute atomic E-state index is 12.9. The minimum atomic E-state index is -0.595. The first-order valence-corrected chi connectivity index (χ1v) is 12.0.